The Labute approximate surface area is 100 Å². The Hall–Kier alpha value is -1.62. The van der Waals surface area contributed by atoms with Gasteiger partial charge in [-0.25, -0.2) is 4.79 Å². The summed E-state index contributed by atoms with van der Waals surface area (Å²) in [7, 11) is 0. The van der Waals surface area contributed by atoms with Gasteiger partial charge in [-0.05, 0) is 38.1 Å². The summed E-state index contributed by atoms with van der Waals surface area (Å²) in [5.74, 6) is 0. The molecule has 0 aliphatic carbocycles. The number of urea groups is 1. The predicted molar refractivity (Wildman–Crippen MR) is 69.6 cm³/mol. The van der Waals surface area contributed by atoms with Gasteiger partial charge in [0.15, 0.2) is 0 Å². The van der Waals surface area contributed by atoms with E-state index in [-0.39, 0.29) is 12.1 Å². The quantitative estimate of drug-likeness (QED) is 0.703. The molecule has 0 bridgehead atoms. The Bertz CT molecular complexity index is 387. The lowest BCUT2D eigenvalue weighted by Crippen LogP contribution is -2.34. The van der Waals surface area contributed by atoms with Gasteiger partial charge in [-0.2, -0.15) is 0 Å². The first-order valence-corrected chi connectivity index (χ1v) is 5.37. The van der Waals surface area contributed by atoms with Crippen LogP contribution < -0.4 is 16.4 Å². The number of hydrogen-bond acceptors (Lipinski definition) is 2. The lowest BCUT2D eigenvalue weighted by molar-refractivity contribution is 0.250. The molecule has 1 rings (SSSR count). The molecule has 0 unspecified atom stereocenters. The van der Waals surface area contributed by atoms with E-state index in [4.69, 9.17) is 18.0 Å². The zero-order valence-corrected chi connectivity index (χ0v) is 10.1. The van der Waals surface area contributed by atoms with Crippen LogP contribution >= 0.6 is 12.2 Å². The number of thiocarbonyl (C=S) groups is 1. The van der Waals surface area contributed by atoms with Crippen LogP contribution in [0.2, 0.25) is 0 Å². The van der Waals surface area contributed by atoms with Gasteiger partial charge in [-0.3, -0.25) is 0 Å². The Kier molecular flexibility index (Phi) is 4.25. The standard InChI is InChI=1S/C11H15N3OS/c1-7(2)13-11(15)14-9-5-3-8(4-6-9)10(12)16/h3-7H,1-2H3,(H2,12,16)(H2,13,14,15). The van der Waals surface area contributed by atoms with Gasteiger partial charge < -0.3 is 16.4 Å². The number of anilines is 1. The van der Waals surface area contributed by atoms with E-state index in [2.05, 4.69) is 10.6 Å². The van der Waals surface area contributed by atoms with E-state index in [0.29, 0.717) is 10.7 Å². The molecule has 16 heavy (non-hydrogen) atoms. The highest BCUT2D eigenvalue weighted by Gasteiger charge is 2.03. The second-order valence-corrected chi connectivity index (χ2v) is 4.13. The molecule has 0 aliphatic rings. The average Bonchev–Trinajstić information content (AvgIpc) is 2.16. The van der Waals surface area contributed by atoms with Gasteiger partial charge in [0.2, 0.25) is 0 Å². The number of rotatable bonds is 3. The van der Waals surface area contributed by atoms with Crippen LogP contribution in [0.3, 0.4) is 0 Å². The number of nitrogens with two attached hydrogens (primary N) is 1. The fourth-order valence-electron chi connectivity index (χ4n) is 1.15. The molecule has 0 radical (unpaired) electrons. The topological polar surface area (TPSA) is 67.2 Å². The Balaban J connectivity index is 2.62. The zero-order chi connectivity index (χ0) is 12.1. The van der Waals surface area contributed by atoms with Crippen molar-refractivity contribution in [3.63, 3.8) is 0 Å². The third kappa shape index (κ3) is 3.86. The SMILES string of the molecule is CC(C)NC(=O)Nc1ccc(C(N)=S)cc1. The van der Waals surface area contributed by atoms with Crippen molar-refractivity contribution >= 4 is 28.9 Å². The van der Waals surface area contributed by atoms with Crippen LogP contribution in [-0.2, 0) is 0 Å². The van der Waals surface area contributed by atoms with Gasteiger partial charge in [0, 0.05) is 17.3 Å². The minimum absolute atomic E-state index is 0.107. The van der Waals surface area contributed by atoms with E-state index >= 15 is 0 Å². The minimum atomic E-state index is -0.224. The highest BCUT2D eigenvalue weighted by Crippen LogP contribution is 2.09. The van der Waals surface area contributed by atoms with E-state index in [1.165, 1.54) is 0 Å². The fourth-order valence-corrected chi connectivity index (χ4v) is 1.28. The van der Waals surface area contributed by atoms with E-state index < -0.39 is 0 Å². The zero-order valence-electron chi connectivity index (χ0n) is 9.28. The summed E-state index contributed by atoms with van der Waals surface area (Å²) in [5.41, 5.74) is 6.95. The van der Waals surface area contributed by atoms with Gasteiger partial charge in [0.05, 0.1) is 0 Å². The van der Waals surface area contributed by atoms with Crippen LogP contribution in [0.15, 0.2) is 24.3 Å². The maximum absolute atomic E-state index is 11.4. The van der Waals surface area contributed by atoms with Crippen LogP contribution in [-0.4, -0.2) is 17.1 Å². The van der Waals surface area contributed by atoms with Gasteiger partial charge in [0.1, 0.15) is 4.99 Å². The molecule has 0 saturated heterocycles. The number of nitrogens with one attached hydrogen (secondary N) is 2. The molecular formula is C11H15N3OS. The van der Waals surface area contributed by atoms with Gasteiger partial charge >= 0.3 is 6.03 Å². The first kappa shape index (κ1) is 12.4. The van der Waals surface area contributed by atoms with Gasteiger partial charge in [-0.15, -0.1) is 0 Å². The van der Waals surface area contributed by atoms with E-state index in [1.807, 2.05) is 13.8 Å². The molecule has 2 amide bonds. The number of amides is 2. The molecule has 86 valence electrons. The van der Waals surface area contributed by atoms with Crippen LogP contribution in [0.25, 0.3) is 0 Å². The van der Waals surface area contributed by atoms with Crippen molar-refractivity contribution in [3.05, 3.63) is 29.8 Å². The lowest BCUT2D eigenvalue weighted by atomic mass is 10.2. The molecule has 0 spiro atoms. The molecule has 0 atom stereocenters. The average molecular weight is 237 g/mol. The predicted octanol–water partition coefficient (Wildman–Crippen LogP) is 1.85. The number of carbonyl (C=O) groups is 1. The first-order chi connectivity index (χ1) is 7.49. The highest BCUT2D eigenvalue weighted by molar-refractivity contribution is 7.80. The highest BCUT2D eigenvalue weighted by atomic mass is 32.1. The van der Waals surface area contributed by atoms with E-state index in [9.17, 15) is 4.79 Å². The molecule has 4 nitrogen and oxygen atoms in total. The normalized spacial score (nSPS) is 9.94. The maximum atomic E-state index is 11.4. The first-order valence-electron chi connectivity index (χ1n) is 4.96. The van der Waals surface area contributed by atoms with Crippen molar-refractivity contribution in [3.8, 4) is 0 Å². The number of hydrogen-bond donors (Lipinski definition) is 3. The Morgan fingerprint density at radius 3 is 2.31 bits per heavy atom. The second-order valence-electron chi connectivity index (χ2n) is 3.69. The maximum Gasteiger partial charge on any atom is 0.319 e. The second kappa shape index (κ2) is 5.46. The third-order valence-electron chi connectivity index (χ3n) is 1.85. The van der Waals surface area contributed by atoms with Crippen molar-refractivity contribution in [1.82, 2.24) is 5.32 Å². The van der Waals surface area contributed by atoms with Crippen molar-refractivity contribution < 1.29 is 4.79 Å². The summed E-state index contributed by atoms with van der Waals surface area (Å²) < 4.78 is 0. The summed E-state index contributed by atoms with van der Waals surface area (Å²) in [4.78, 5) is 11.7. The van der Waals surface area contributed by atoms with Crippen LogP contribution in [0.1, 0.15) is 19.4 Å². The van der Waals surface area contributed by atoms with Crippen LogP contribution in [0.5, 0.6) is 0 Å². The largest absolute Gasteiger partial charge is 0.389 e. The molecule has 0 saturated carbocycles. The van der Waals surface area contributed by atoms with Crippen molar-refractivity contribution in [2.45, 2.75) is 19.9 Å². The number of benzene rings is 1. The molecule has 0 aromatic heterocycles. The third-order valence-corrected chi connectivity index (χ3v) is 2.08. The van der Waals surface area contributed by atoms with Gasteiger partial charge in [0.25, 0.3) is 0 Å². The van der Waals surface area contributed by atoms with Crippen molar-refractivity contribution in [2.75, 3.05) is 5.32 Å². The molecule has 1 aromatic carbocycles. The Morgan fingerprint density at radius 2 is 1.88 bits per heavy atom. The summed E-state index contributed by atoms with van der Waals surface area (Å²) in [6.45, 7) is 3.80. The van der Waals surface area contributed by atoms with Crippen molar-refractivity contribution in [1.29, 1.82) is 0 Å². The van der Waals surface area contributed by atoms with Crippen LogP contribution in [0.4, 0.5) is 10.5 Å². The Morgan fingerprint density at radius 1 is 1.31 bits per heavy atom. The molecule has 0 fully saturated rings. The van der Waals surface area contributed by atoms with Crippen LogP contribution in [0, 0.1) is 0 Å². The summed E-state index contributed by atoms with van der Waals surface area (Å²) >= 11 is 4.83. The molecule has 1 aromatic rings. The molecule has 0 aliphatic heterocycles. The molecular weight excluding hydrogens is 222 g/mol. The summed E-state index contributed by atoms with van der Waals surface area (Å²) in [6, 6.07) is 6.94. The molecule has 5 heteroatoms. The smallest absolute Gasteiger partial charge is 0.319 e. The number of carbonyl (C=O) groups excluding carboxylic acids is 1. The van der Waals surface area contributed by atoms with Gasteiger partial charge in [-0.1, -0.05) is 12.2 Å². The fraction of sp³-hybridized carbons (Fsp3) is 0.273. The monoisotopic (exact) mass is 237 g/mol. The van der Waals surface area contributed by atoms with E-state index in [1.54, 1.807) is 24.3 Å². The summed E-state index contributed by atoms with van der Waals surface area (Å²) in [5, 5.41) is 5.43. The molecule has 0 heterocycles. The molecule has 4 N–H and O–H groups in total. The van der Waals surface area contributed by atoms with E-state index in [0.717, 1.165) is 5.56 Å². The lowest BCUT2D eigenvalue weighted by Gasteiger charge is -2.10. The summed E-state index contributed by atoms with van der Waals surface area (Å²) in [6.07, 6.45) is 0. The minimum Gasteiger partial charge on any atom is -0.389 e. The van der Waals surface area contributed by atoms with Crippen molar-refractivity contribution in [2.24, 2.45) is 5.73 Å².